The van der Waals surface area contributed by atoms with E-state index in [2.05, 4.69) is 44.3 Å². The standard InChI is InChI=1S/C18H20N6O/c1-11(2)15(21-14-7-10-20-16(22-14)12-3-4-12)18-23-17(24-25-18)13-5-8-19-9-6-13/h5-12,15H,3-4H2,1-2H3,(H,20,21,22). The molecular formula is C18H20N6O. The molecule has 3 aromatic rings. The van der Waals surface area contributed by atoms with Gasteiger partial charge in [0.05, 0.1) is 0 Å². The van der Waals surface area contributed by atoms with Gasteiger partial charge in [-0.15, -0.1) is 0 Å². The Hall–Kier alpha value is -2.83. The van der Waals surface area contributed by atoms with E-state index in [4.69, 9.17) is 4.52 Å². The van der Waals surface area contributed by atoms with Gasteiger partial charge in [0.15, 0.2) is 0 Å². The summed E-state index contributed by atoms with van der Waals surface area (Å²) in [6.45, 7) is 4.22. The summed E-state index contributed by atoms with van der Waals surface area (Å²) in [6, 6.07) is 5.48. The number of pyridine rings is 1. The zero-order valence-electron chi connectivity index (χ0n) is 14.3. The van der Waals surface area contributed by atoms with Crippen LogP contribution in [0.5, 0.6) is 0 Å². The Morgan fingerprint density at radius 3 is 2.60 bits per heavy atom. The first-order valence-electron chi connectivity index (χ1n) is 8.54. The van der Waals surface area contributed by atoms with Crippen LogP contribution < -0.4 is 5.32 Å². The van der Waals surface area contributed by atoms with Crippen molar-refractivity contribution >= 4 is 5.82 Å². The largest absolute Gasteiger partial charge is 0.358 e. The van der Waals surface area contributed by atoms with Crippen molar-refractivity contribution in [1.82, 2.24) is 25.1 Å². The molecule has 1 saturated carbocycles. The second-order valence-corrected chi connectivity index (χ2v) is 6.63. The molecule has 0 spiro atoms. The zero-order chi connectivity index (χ0) is 17.2. The number of hydrogen-bond donors (Lipinski definition) is 1. The first kappa shape index (κ1) is 15.7. The van der Waals surface area contributed by atoms with E-state index < -0.39 is 0 Å². The van der Waals surface area contributed by atoms with E-state index in [1.165, 1.54) is 12.8 Å². The van der Waals surface area contributed by atoms with Crippen LogP contribution in [0.15, 0.2) is 41.3 Å². The van der Waals surface area contributed by atoms with Crippen molar-refractivity contribution in [2.24, 2.45) is 5.92 Å². The molecule has 128 valence electrons. The summed E-state index contributed by atoms with van der Waals surface area (Å²) in [7, 11) is 0. The molecule has 3 aromatic heterocycles. The molecule has 1 N–H and O–H groups in total. The predicted octanol–water partition coefficient (Wildman–Crippen LogP) is 3.61. The summed E-state index contributed by atoms with van der Waals surface area (Å²) in [6.07, 6.45) is 7.58. The van der Waals surface area contributed by atoms with Gasteiger partial charge in [-0.25, -0.2) is 9.97 Å². The fourth-order valence-corrected chi connectivity index (χ4v) is 2.65. The Balaban J connectivity index is 1.57. The lowest BCUT2D eigenvalue weighted by molar-refractivity contribution is 0.335. The lowest BCUT2D eigenvalue weighted by Gasteiger charge is -2.19. The molecule has 4 rings (SSSR count). The van der Waals surface area contributed by atoms with Crippen LogP contribution >= 0.6 is 0 Å². The van der Waals surface area contributed by atoms with Crippen LogP contribution in [0.3, 0.4) is 0 Å². The van der Waals surface area contributed by atoms with Crippen molar-refractivity contribution < 1.29 is 4.52 Å². The second kappa shape index (κ2) is 6.58. The molecule has 1 unspecified atom stereocenters. The van der Waals surface area contributed by atoms with E-state index in [9.17, 15) is 0 Å². The summed E-state index contributed by atoms with van der Waals surface area (Å²) >= 11 is 0. The molecule has 0 aliphatic heterocycles. The monoisotopic (exact) mass is 336 g/mol. The van der Waals surface area contributed by atoms with Gasteiger partial charge in [-0.3, -0.25) is 4.98 Å². The molecule has 1 fully saturated rings. The minimum absolute atomic E-state index is 0.120. The van der Waals surface area contributed by atoms with E-state index in [-0.39, 0.29) is 12.0 Å². The minimum Gasteiger partial charge on any atom is -0.358 e. The van der Waals surface area contributed by atoms with Crippen molar-refractivity contribution in [3.05, 3.63) is 48.5 Å². The molecule has 1 aliphatic rings. The Labute approximate surface area is 145 Å². The van der Waals surface area contributed by atoms with Crippen molar-refractivity contribution in [3.8, 4) is 11.4 Å². The molecule has 3 heterocycles. The highest BCUT2D eigenvalue weighted by Gasteiger charge is 2.28. The third-order valence-corrected chi connectivity index (χ3v) is 4.23. The maximum absolute atomic E-state index is 5.52. The Kier molecular flexibility index (Phi) is 4.13. The Morgan fingerprint density at radius 1 is 1.08 bits per heavy atom. The maximum atomic E-state index is 5.52. The van der Waals surface area contributed by atoms with Crippen LogP contribution in [0.2, 0.25) is 0 Å². The number of aromatic nitrogens is 5. The normalized spacial score (nSPS) is 15.3. The van der Waals surface area contributed by atoms with Crippen LogP contribution in [-0.4, -0.2) is 25.1 Å². The molecule has 1 atom stereocenters. The smallest absolute Gasteiger partial charge is 0.249 e. The third kappa shape index (κ3) is 3.50. The van der Waals surface area contributed by atoms with Gasteiger partial charge in [0.1, 0.15) is 17.7 Å². The average Bonchev–Trinajstić information content (AvgIpc) is 3.38. The van der Waals surface area contributed by atoms with Crippen LogP contribution in [0.1, 0.15) is 50.4 Å². The number of anilines is 1. The quantitative estimate of drug-likeness (QED) is 0.735. The van der Waals surface area contributed by atoms with Crippen LogP contribution in [0.4, 0.5) is 5.82 Å². The fraction of sp³-hybridized carbons (Fsp3) is 0.389. The SMILES string of the molecule is CC(C)C(Nc1ccnc(C2CC2)n1)c1nc(-c2ccncc2)no1. The number of nitrogens with one attached hydrogen (secondary N) is 1. The average molecular weight is 336 g/mol. The Bertz CT molecular complexity index is 844. The fourth-order valence-electron chi connectivity index (χ4n) is 2.65. The second-order valence-electron chi connectivity index (χ2n) is 6.63. The van der Waals surface area contributed by atoms with Gasteiger partial charge in [0.2, 0.25) is 11.7 Å². The van der Waals surface area contributed by atoms with E-state index in [1.54, 1.807) is 18.6 Å². The number of rotatable bonds is 6. The molecule has 25 heavy (non-hydrogen) atoms. The third-order valence-electron chi connectivity index (χ3n) is 4.23. The van der Waals surface area contributed by atoms with E-state index >= 15 is 0 Å². The molecule has 7 nitrogen and oxygen atoms in total. The zero-order valence-corrected chi connectivity index (χ0v) is 14.3. The summed E-state index contributed by atoms with van der Waals surface area (Å²) in [5.41, 5.74) is 0.880. The molecule has 0 amide bonds. The van der Waals surface area contributed by atoms with Gasteiger partial charge in [0, 0.05) is 30.1 Å². The molecule has 0 radical (unpaired) electrons. The number of hydrogen-bond acceptors (Lipinski definition) is 7. The lowest BCUT2D eigenvalue weighted by Crippen LogP contribution is -2.18. The molecule has 0 saturated heterocycles. The van der Waals surface area contributed by atoms with Crippen molar-refractivity contribution in [2.75, 3.05) is 5.32 Å². The minimum atomic E-state index is -0.120. The van der Waals surface area contributed by atoms with Crippen LogP contribution in [0, 0.1) is 5.92 Å². The highest BCUT2D eigenvalue weighted by Crippen LogP contribution is 2.38. The first-order valence-corrected chi connectivity index (χ1v) is 8.54. The summed E-state index contributed by atoms with van der Waals surface area (Å²) in [5, 5.41) is 7.52. The van der Waals surface area contributed by atoms with Gasteiger partial charge in [-0.05, 0) is 37.0 Å². The molecule has 0 aromatic carbocycles. The summed E-state index contributed by atoms with van der Waals surface area (Å²) < 4.78 is 5.52. The topological polar surface area (TPSA) is 89.6 Å². The number of nitrogens with zero attached hydrogens (tertiary/aromatic N) is 5. The lowest BCUT2D eigenvalue weighted by atomic mass is 10.0. The first-order chi connectivity index (χ1) is 12.2. The predicted molar refractivity (Wildman–Crippen MR) is 92.7 cm³/mol. The van der Waals surface area contributed by atoms with Crippen molar-refractivity contribution in [2.45, 2.75) is 38.6 Å². The van der Waals surface area contributed by atoms with Gasteiger partial charge in [-0.2, -0.15) is 4.98 Å². The molecule has 0 bridgehead atoms. The molecule has 1 aliphatic carbocycles. The van der Waals surface area contributed by atoms with Crippen molar-refractivity contribution in [1.29, 1.82) is 0 Å². The van der Waals surface area contributed by atoms with Crippen molar-refractivity contribution in [3.63, 3.8) is 0 Å². The van der Waals surface area contributed by atoms with E-state index in [0.29, 0.717) is 17.6 Å². The Morgan fingerprint density at radius 2 is 1.88 bits per heavy atom. The van der Waals surface area contributed by atoms with Crippen LogP contribution in [-0.2, 0) is 0 Å². The molecular weight excluding hydrogens is 316 g/mol. The van der Waals surface area contributed by atoms with Gasteiger partial charge in [-0.1, -0.05) is 19.0 Å². The highest BCUT2D eigenvalue weighted by molar-refractivity contribution is 5.52. The van der Waals surface area contributed by atoms with E-state index in [0.717, 1.165) is 17.2 Å². The van der Waals surface area contributed by atoms with Crippen LogP contribution in [0.25, 0.3) is 11.4 Å². The molecule has 7 heteroatoms. The maximum Gasteiger partial charge on any atom is 0.249 e. The van der Waals surface area contributed by atoms with E-state index in [1.807, 2.05) is 18.2 Å². The summed E-state index contributed by atoms with van der Waals surface area (Å²) in [4.78, 5) is 17.6. The summed E-state index contributed by atoms with van der Waals surface area (Å²) in [5.74, 6) is 3.58. The van der Waals surface area contributed by atoms with Gasteiger partial charge < -0.3 is 9.84 Å². The van der Waals surface area contributed by atoms with Gasteiger partial charge >= 0.3 is 0 Å². The van der Waals surface area contributed by atoms with Gasteiger partial charge in [0.25, 0.3) is 0 Å². The highest BCUT2D eigenvalue weighted by atomic mass is 16.5.